The number of nitrogens with one attached hydrogen (secondary N) is 1. The van der Waals surface area contributed by atoms with Crippen LogP contribution in [0.3, 0.4) is 0 Å². The van der Waals surface area contributed by atoms with E-state index in [4.69, 9.17) is 9.73 Å². The van der Waals surface area contributed by atoms with Crippen LogP contribution in [0.2, 0.25) is 0 Å². The number of ether oxygens (including phenoxy) is 1. The van der Waals surface area contributed by atoms with E-state index in [1.54, 1.807) is 7.11 Å². The van der Waals surface area contributed by atoms with Crippen molar-refractivity contribution in [3.8, 4) is 5.75 Å². The molecule has 0 bridgehead atoms. The van der Waals surface area contributed by atoms with Gasteiger partial charge in [0.2, 0.25) is 5.91 Å². The smallest absolute Gasteiger partial charge is 0.223 e. The Labute approximate surface area is 238 Å². The van der Waals surface area contributed by atoms with Crippen molar-refractivity contribution in [2.24, 2.45) is 10.4 Å². The van der Waals surface area contributed by atoms with Gasteiger partial charge in [0.1, 0.15) is 5.75 Å². The molecule has 6 heteroatoms. The lowest BCUT2D eigenvalue weighted by molar-refractivity contribution is -0.133. The van der Waals surface area contributed by atoms with E-state index in [-0.39, 0.29) is 22.8 Å². The van der Waals surface area contributed by atoms with E-state index in [9.17, 15) is 4.79 Å². The third-order valence-corrected chi connectivity index (χ3v) is 7.55. The summed E-state index contributed by atoms with van der Waals surface area (Å²) in [7, 11) is 1.68. The molecule has 0 radical (unpaired) electrons. The molecule has 1 N–H and O–H groups in total. The lowest BCUT2D eigenvalue weighted by atomic mass is 9.73. The van der Waals surface area contributed by atoms with Gasteiger partial charge in [0.15, 0.2) is 0 Å². The maximum Gasteiger partial charge on any atom is 0.223 e. The van der Waals surface area contributed by atoms with Crippen molar-refractivity contribution in [2.45, 2.75) is 66.0 Å². The number of carbonyl (C=O) groups excluding carboxylic acids is 1. The topological polar surface area (TPSA) is 66.8 Å². The van der Waals surface area contributed by atoms with E-state index < -0.39 is 0 Å². The molecule has 0 fully saturated rings. The molecule has 2 atom stereocenters. The summed E-state index contributed by atoms with van der Waals surface area (Å²) in [6, 6.07) is 16.3. The molecule has 4 rings (SSSR count). The van der Waals surface area contributed by atoms with Gasteiger partial charge in [-0.1, -0.05) is 57.7 Å². The molecule has 6 nitrogen and oxygen atoms in total. The molecule has 0 saturated heterocycles. The van der Waals surface area contributed by atoms with Crippen molar-refractivity contribution in [1.82, 2.24) is 15.2 Å². The maximum atomic E-state index is 13.3. The first-order valence-electron chi connectivity index (χ1n) is 13.9. The summed E-state index contributed by atoms with van der Waals surface area (Å²) in [5.74, 6) is 0.936. The number of dihydropyridines is 1. The first-order valence-corrected chi connectivity index (χ1v) is 13.9. The molecule has 1 aliphatic heterocycles. The van der Waals surface area contributed by atoms with Crippen molar-refractivity contribution in [1.29, 1.82) is 0 Å². The number of benzene rings is 2. The highest BCUT2D eigenvalue weighted by atomic mass is 16.5. The van der Waals surface area contributed by atoms with Crippen molar-refractivity contribution < 1.29 is 9.53 Å². The molecule has 1 amide bonds. The summed E-state index contributed by atoms with van der Waals surface area (Å²) in [6.45, 7) is 17.9. The lowest BCUT2D eigenvalue weighted by Gasteiger charge is -2.35. The second kappa shape index (κ2) is 11.7. The van der Waals surface area contributed by atoms with Gasteiger partial charge in [-0.2, -0.15) is 0 Å². The lowest BCUT2D eigenvalue weighted by Crippen LogP contribution is -2.39. The number of pyridine rings is 1. The molecular formula is C34H42N4O2. The number of rotatable bonds is 9. The predicted molar refractivity (Wildman–Crippen MR) is 165 cm³/mol. The number of amides is 1. The largest absolute Gasteiger partial charge is 0.496 e. The number of methoxy groups -OCH3 is 1. The third kappa shape index (κ3) is 6.61. The summed E-state index contributed by atoms with van der Waals surface area (Å²) in [6.07, 6.45) is 6.41. The van der Waals surface area contributed by atoms with E-state index in [1.807, 2.05) is 53.7 Å². The van der Waals surface area contributed by atoms with Crippen molar-refractivity contribution in [2.75, 3.05) is 13.7 Å². The molecule has 1 aliphatic rings. The van der Waals surface area contributed by atoms with Crippen LogP contribution in [0.1, 0.15) is 57.7 Å². The number of hydrogen-bond acceptors (Lipinski definition) is 5. The fourth-order valence-electron chi connectivity index (χ4n) is 5.25. The molecule has 0 saturated carbocycles. The number of aliphatic imine (C=N–C) groups is 1. The Morgan fingerprint density at radius 1 is 1.18 bits per heavy atom. The Kier molecular flexibility index (Phi) is 8.48. The highest BCUT2D eigenvalue weighted by Crippen LogP contribution is 2.39. The van der Waals surface area contributed by atoms with Crippen LogP contribution >= 0.6 is 0 Å². The Morgan fingerprint density at radius 2 is 1.90 bits per heavy atom. The van der Waals surface area contributed by atoms with Crippen molar-refractivity contribution in [3.63, 3.8) is 0 Å². The zero-order valence-corrected chi connectivity index (χ0v) is 24.9. The van der Waals surface area contributed by atoms with E-state index in [0.717, 1.165) is 44.7 Å². The monoisotopic (exact) mass is 538 g/mol. The van der Waals surface area contributed by atoms with Crippen LogP contribution < -0.4 is 10.1 Å². The van der Waals surface area contributed by atoms with Crippen LogP contribution in [0.15, 0.2) is 83.8 Å². The quantitative estimate of drug-likeness (QED) is 0.328. The Hall–Kier alpha value is -3.93. The standard InChI is InChI=1S/C34H42N4O2/c1-23-16-28-29(14-15-35-30(28)17-31(23)40-8)34(7)18-27(20-36-25(34)3)37-24(2)21-38(32(39)19-33(4,5)6)22-26-12-10-9-11-13-26/h9-18,20,25,37H,2,19,21-22H2,1,3-8H3. The van der Waals surface area contributed by atoms with E-state index in [0.29, 0.717) is 19.5 Å². The minimum Gasteiger partial charge on any atom is -0.496 e. The summed E-state index contributed by atoms with van der Waals surface area (Å²) < 4.78 is 5.53. The number of hydrogen-bond donors (Lipinski definition) is 1. The van der Waals surface area contributed by atoms with Gasteiger partial charge >= 0.3 is 0 Å². The van der Waals surface area contributed by atoms with Crippen LogP contribution in [0, 0.1) is 12.3 Å². The summed E-state index contributed by atoms with van der Waals surface area (Å²) in [4.78, 5) is 24.7. The van der Waals surface area contributed by atoms with E-state index in [2.05, 4.69) is 76.6 Å². The fraction of sp³-hybridized carbons (Fsp3) is 0.382. The molecule has 1 aromatic heterocycles. The number of nitrogens with zero attached hydrogens (tertiary/aromatic N) is 3. The Bertz CT molecular complexity index is 1450. The molecule has 40 heavy (non-hydrogen) atoms. The van der Waals surface area contributed by atoms with Crippen LogP contribution in [0.4, 0.5) is 0 Å². The number of allylic oxidation sites excluding steroid dienone is 1. The second-order valence-corrected chi connectivity index (χ2v) is 12.2. The van der Waals surface area contributed by atoms with Crippen LogP contribution in [-0.4, -0.2) is 41.7 Å². The number of carbonyl (C=O) groups is 1. The SMILES string of the molecule is C=C(CN(Cc1ccccc1)C(=O)CC(C)(C)C)NC1=CC(C)(c2ccnc3cc(OC)c(C)cc23)C(C)N=C1. The average molecular weight is 539 g/mol. The van der Waals surface area contributed by atoms with Gasteiger partial charge in [-0.15, -0.1) is 0 Å². The summed E-state index contributed by atoms with van der Waals surface area (Å²) in [5, 5.41) is 4.55. The highest BCUT2D eigenvalue weighted by molar-refractivity contribution is 5.87. The molecule has 2 heterocycles. The Balaban J connectivity index is 1.60. The minimum absolute atomic E-state index is 0.0160. The first-order chi connectivity index (χ1) is 18.9. The van der Waals surface area contributed by atoms with Gasteiger partial charge in [0, 0.05) is 47.9 Å². The molecule has 2 unspecified atom stereocenters. The molecule has 0 spiro atoms. The minimum atomic E-state index is -0.384. The van der Waals surface area contributed by atoms with Crippen molar-refractivity contribution >= 4 is 23.0 Å². The molecule has 0 aliphatic carbocycles. The molecule has 3 aromatic rings. The number of fused-ring (bicyclic) bond motifs is 1. The van der Waals surface area contributed by atoms with Crippen LogP contribution in [0.5, 0.6) is 5.75 Å². The first kappa shape index (κ1) is 29.1. The molecular weight excluding hydrogens is 496 g/mol. The van der Waals surface area contributed by atoms with E-state index in [1.165, 1.54) is 0 Å². The average Bonchev–Trinajstić information content (AvgIpc) is 2.89. The summed E-state index contributed by atoms with van der Waals surface area (Å²) in [5.41, 5.74) is 5.32. The highest BCUT2D eigenvalue weighted by Gasteiger charge is 2.35. The van der Waals surface area contributed by atoms with Crippen LogP contribution in [-0.2, 0) is 16.8 Å². The van der Waals surface area contributed by atoms with Crippen molar-refractivity contribution in [3.05, 3.63) is 95.5 Å². The maximum absolute atomic E-state index is 13.3. The normalized spacial score (nSPS) is 18.8. The predicted octanol–water partition coefficient (Wildman–Crippen LogP) is 6.73. The Morgan fingerprint density at radius 3 is 2.58 bits per heavy atom. The fourth-order valence-corrected chi connectivity index (χ4v) is 5.25. The molecule has 2 aromatic carbocycles. The zero-order valence-electron chi connectivity index (χ0n) is 24.9. The van der Waals surface area contributed by atoms with Gasteiger partial charge in [-0.25, -0.2) is 0 Å². The number of aryl methyl sites for hydroxylation is 1. The van der Waals surface area contributed by atoms with E-state index >= 15 is 0 Å². The van der Waals surface area contributed by atoms with Gasteiger partial charge in [0.05, 0.1) is 30.9 Å². The van der Waals surface area contributed by atoms with Gasteiger partial charge in [-0.05, 0) is 61.1 Å². The van der Waals surface area contributed by atoms with Gasteiger partial charge in [-0.3, -0.25) is 14.8 Å². The third-order valence-electron chi connectivity index (χ3n) is 7.55. The van der Waals surface area contributed by atoms with Gasteiger partial charge in [0.25, 0.3) is 0 Å². The van der Waals surface area contributed by atoms with Gasteiger partial charge < -0.3 is 15.0 Å². The van der Waals surface area contributed by atoms with Crippen LogP contribution in [0.25, 0.3) is 10.9 Å². The molecule has 210 valence electrons. The second-order valence-electron chi connectivity index (χ2n) is 12.2. The number of aromatic nitrogens is 1. The summed E-state index contributed by atoms with van der Waals surface area (Å²) >= 11 is 0. The zero-order chi connectivity index (χ0) is 29.1.